The van der Waals surface area contributed by atoms with E-state index in [4.69, 9.17) is 11.6 Å². The van der Waals surface area contributed by atoms with Crippen LogP contribution in [0.25, 0.3) is 11.1 Å². The number of hydrogen-bond acceptors (Lipinski definition) is 1. The van der Waals surface area contributed by atoms with E-state index in [1.807, 2.05) is 31.3 Å². The lowest BCUT2D eigenvalue weighted by atomic mass is 10.00. The van der Waals surface area contributed by atoms with Gasteiger partial charge in [-0.1, -0.05) is 54.9 Å². The SMILES string of the molecule is CCC(NC)c1ccc(-c2ccc(Cl)cc2)cc1. The van der Waals surface area contributed by atoms with Crippen LogP contribution in [0.2, 0.25) is 5.02 Å². The molecule has 0 bridgehead atoms. The molecule has 94 valence electrons. The highest BCUT2D eigenvalue weighted by Crippen LogP contribution is 2.24. The van der Waals surface area contributed by atoms with Crippen LogP contribution in [0.1, 0.15) is 24.9 Å². The zero-order valence-electron chi connectivity index (χ0n) is 10.8. The summed E-state index contributed by atoms with van der Waals surface area (Å²) in [5, 5.41) is 4.09. The quantitative estimate of drug-likeness (QED) is 0.841. The molecule has 1 N–H and O–H groups in total. The van der Waals surface area contributed by atoms with Crippen molar-refractivity contribution >= 4 is 11.6 Å². The molecule has 1 unspecified atom stereocenters. The molecule has 0 heterocycles. The predicted molar refractivity (Wildman–Crippen MR) is 79.0 cm³/mol. The van der Waals surface area contributed by atoms with Crippen LogP contribution in [0.3, 0.4) is 0 Å². The van der Waals surface area contributed by atoms with Crippen LogP contribution in [0.4, 0.5) is 0 Å². The largest absolute Gasteiger partial charge is 0.313 e. The van der Waals surface area contributed by atoms with Gasteiger partial charge in [0.1, 0.15) is 0 Å². The second kappa shape index (κ2) is 6.03. The molecule has 2 heteroatoms. The Kier molecular flexibility index (Phi) is 4.40. The Balaban J connectivity index is 2.24. The van der Waals surface area contributed by atoms with Gasteiger partial charge in [-0.2, -0.15) is 0 Å². The van der Waals surface area contributed by atoms with E-state index in [2.05, 4.69) is 36.5 Å². The van der Waals surface area contributed by atoms with Crippen LogP contribution >= 0.6 is 11.6 Å². The second-order valence-electron chi connectivity index (χ2n) is 4.38. The Labute approximate surface area is 114 Å². The maximum Gasteiger partial charge on any atom is 0.0406 e. The molecule has 0 amide bonds. The third-order valence-corrected chi connectivity index (χ3v) is 3.50. The van der Waals surface area contributed by atoms with Crippen LogP contribution in [-0.2, 0) is 0 Å². The Morgan fingerprint density at radius 2 is 1.44 bits per heavy atom. The number of benzene rings is 2. The zero-order chi connectivity index (χ0) is 13.0. The summed E-state index contributed by atoms with van der Waals surface area (Å²) in [7, 11) is 2.00. The van der Waals surface area contributed by atoms with Gasteiger partial charge in [0.15, 0.2) is 0 Å². The Bertz CT molecular complexity index is 484. The number of nitrogens with one attached hydrogen (secondary N) is 1. The Morgan fingerprint density at radius 1 is 0.944 bits per heavy atom. The van der Waals surface area contributed by atoms with E-state index >= 15 is 0 Å². The van der Waals surface area contributed by atoms with Crippen LogP contribution < -0.4 is 5.32 Å². The van der Waals surface area contributed by atoms with Gasteiger partial charge in [0.25, 0.3) is 0 Å². The Morgan fingerprint density at radius 3 is 1.89 bits per heavy atom. The van der Waals surface area contributed by atoms with Crippen molar-refractivity contribution in [2.24, 2.45) is 0 Å². The summed E-state index contributed by atoms with van der Waals surface area (Å²) in [4.78, 5) is 0. The van der Waals surface area contributed by atoms with Gasteiger partial charge in [0, 0.05) is 11.1 Å². The first kappa shape index (κ1) is 13.1. The van der Waals surface area contributed by atoms with E-state index in [9.17, 15) is 0 Å². The summed E-state index contributed by atoms with van der Waals surface area (Å²) in [5.74, 6) is 0. The first-order chi connectivity index (χ1) is 8.74. The average molecular weight is 260 g/mol. The highest BCUT2D eigenvalue weighted by Gasteiger charge is 2.06. The third kappa shape index (κ3) is 2.92. The van der Waals surface area contributed by atoms with Crippen molar-refractivity contribution < 1.29 is 0 Å². The number of halogens is 1. The van der Waals surface area contributed by atoms with Gasteiger partial charge in [-0.25, -0.2) is 0 Å². The maximum absolute atomic E-state index is 5.90. The molecule has 0 saturated carbocycles. The van der Waals surface area contributed by atoms with Gasteiger partial charge in [-0.05, 0) is 42.3 Å². The molecule has 2 rings (SSSR count). The summed E-state index contributed by atoms with van der Waals surface area (Å²) in [6.45, 7) is 2.19. The van der Waals surface area contributed by atoms with Crippen LogP contribution in [-0.4, -0.2) is 7.05 Å². The normalized spacial score (nSPS) is 12.4. The highest BCUT2D eigenvalue weighted by atomic mass is 35.5. The fraction of sp³-hybridized carbons (Fsp3) is 0.250. The van der Waals surface area contributed by atoms with Gasteiger partial charge in [0.2, 0.25) is 0 Å². The molecule has 0 aliphatic rings. The summed E-state index contributed by atoms with van der Waals surface area (Å²) < 4.78 is 0. The minimum Gasteiger partial charge on any atom is -0.313 e. The molecule has 18 heavy (non-hydrogen) atoms. The number of hydrogen-bond donors (Lipinski definition) is 1. The Hall–Kier alpha value is -1.31. The van der Waals surface area contributed by atoms with Gasteiger partial charge in [-0.15, -0.1) is 0 Å². The second-order valence-corrected chi connectivity index (χ2v) is 4.81. The van der Waals surface area contributed by atoms with Crippen molar-refractivity contribution in [1.82, 2.24) is 5.32 Å². The first-order valence-corrected chi connectivity index (χ1v) is 6.65. The monoisotopic (exact) mass is 259 g/mol. The lowest BCUT2D eigenvalue weighted by Gasteiger charge is -2.14. The molecule has 2 aromatic carbocycles. The van der Waals surface area contributed by atoms with Crippen LogP contribution in [0.15, 0.2) is 48.5 Å². The van der Waals surface area contributed by atoms with Gasteiger partial charge in [-0.3, -0.25) is 0 Å². The summed E-state index contributed by atoms with van der Waals surface area (Å²) in [6, 6.07) is 17.1. The fourth-order valence-electron chi connectivity index (χ4n) is 2.16. The van der Waals surface area contributed by atoms with Crippen molar-refractivity contribution in [2.45, 2.75) is 19.4 Å². The predicted octanol–water partition coefficient (Wildman–Crippen LogP) is 4.68. The lowest BCUT2D eigenvalue weighted by molar-refractivity contribution is 0.577. The standard InChI is InChI=1S/C16H18ClN/c1-3-16(18-2)14-6-4-12(5-7-14)13-8-10-15(17)11-9-13/h4-11,16,18H,3H2,1-2H3. The van der Waals surface area contributed by atoms with Crippen molar-refractivity contribution in [3.63, 3.8) is 0 Å². The van der Waals surface area contributed by atoms with Gasteiger partial charge in [0.05, 0.1) is 0 Å². The average Bonchev–Trinajstić information content (AvgIpc) is 2.42. The summed E-state index contributed by atoms with van der Waals surface area (Å²) in [6.07, 6.45) is 1.09. The maximum atomic E-state index is 5.90. The highest BCUT2D eigenvalue weighted by molar-refractivity contribution is 6.30. The topological polar surface area (TPSA) is 12.0 Å². The van der Waals surface area contributed by atoms with E-state index in [1.54, 1.807) is 0 Å². The van der Waals surface area contributed by atoms with Crippen molar-refractivity contribution in [1.29, 1.82) is 0 Å². The molecule has 0 aliphatic carbocycles. The summed E-state index contributed by atoms with van der Waals surface area (Å²) >= 11 is 5.90. The van der Waals surface area contributed by atoms with E-state index in [1.165, 1.54) is 16.7 Å². The van der Waals surface area contributed by atoms with E-state index in [-0.39, 0.29) is 0 Å². The van der Waals surface area contributed by atoms with E-state index in [0.29, 0.717) is 6.04 Å². The smallest absolute Gasteiger partial charge is 0.0406 e. The molecular formula is C16H18ClN. The molecule has 0 aliphatic heterocycles. The van der Waals surface area contributed by atoms with Crippen molar-refractivity contribution in [3.8, 4) is 11.1 Å². The van der Waals surface area contributed by atoms with Gasteiger partial charge < -0.3 is 5.32 Å². The fourth-order valence-corrected chi connectivity index (χ4v) is 2.28. The lowest BCUT2D eigenvalue weighted by Crippen LogP contribution is -2.14. The number of rotatable bonds is 4. The van der Waals surface area contributed by atoms with Crippen molar-refractivity contribution in [2.75, 3.05) is 7.05 Å². The first-order valence-electron chi connectivity index (χ1n) is 6.27. The van der Waals surface area contributed by atoms with Crippen LogP contribution in [0, 0.1) is 0 Å². The van der Waals surface area contributed by atoms with Gasteiger partial charge >= 0.3 is 0 Å². The zero-order valence-corrected chi connectivity index (χ0v) is 11.5. The molecular weight excluding hydrogens is 242 g/mol. The van der Waals surface area contributed by atoms with Crippen LogP contribution in [0.5, 0.6) is 0 Å². The van der Waals surface area contributed by atoms with Crippen molar-refractivity contribution in [3.05, 3.63) is 59.1 Å². The molecule has 2 aromatic rings. The van der Waals surface area contributed by atoms with E-state index < -0.39 is 0 Å². The van der Waals surface area contributed by atoms with E-state index in [0.717, 1.165) is 11.4 Å². The molecule has 0 spiro atoms. The molecule has 1 nitrogen and oxygen atoms in total. The molecule has 0 aromatic heterocycles. The molecule has 1 atom stereocenters. The molecule has 0 fully saturated rings. The summed E-state index contributed by atoms with van der Waals surface area (Å²) in [5.41, 5.74) is 3.75. The minimum absolute atomic E-state index is 0.435. The molecule has 0 radical (unpaired) electrons. The minimum atomic E-state index is 0.435. The molecule has 0 saturated heterocycles. The third-order valence-electron chi connectivity index (χ3n) is 3.25.